The van der Waals surface area contributed by atoms with E-state index >= 15 is 0 Å². The van der Waals surface area contributed by atoms with Gasteiger partial charge < -0.3 is 19.3 Å². The van der Waals surface area contributed by atoms with Gasteiger partial charge >= 0.3 is 12.2 Å². The van der Waals surface area contributed by atoms with Crippen molar-refractivity contribution in [3.63, 3.8) is 0 Å². The van der Waals surface area contributed by atoms with Gasteiger partial charge in [0.2, 0.25) is 0 Å². The lowest BCUT2D eigenvalue weighted by molar-refractivity contribution is 0.0703. The number of ether oxygens (including phenoxy) is 2. The summed E-state index contributed by atoms with van der Waals surface area (Å²) in [5, 5.41) is 1.42. The molecule has 0 saturated carbocycles. The first kappa shape index (κ1) is 38.3. The molecule has 0 bridgehead atoms. The fraction of sp³-hybridized carbons (Fsp3) is 0.273. The third-order valence-corrected chi connectivity index (χ3v) is 9.86. The first-order valence-corrected chi connectivity index (χ1v) is 18.8. The Morgan fingerprint density at radius 1 is 0.500 bits per heavy atom. The number of amides is 2. The van der Waals surface area contributed by atoms with Gasteiger partial charge in [-0.1, -0.05) is 72.8 Å². The van der Waals surface area contributed by atoms with Crippen molar-refractivity contribution in [3.8, 4) is 0 Å². The number of hydrogen-bond acceptors (Lipinski definition) is 8. The molecule has 2 amide bonds. The molecule has 0 radical (unpaired) electrons. The highest BCUT2D eigenvalue weighted by atomic mass is 19.1. The number of nitrogens with zero attached hydrogens (tertiary/aromatic N) is 6. The molecular weight excluding hydrogens is 715 g/mol. The predicted octanol–water partition coefficient (Wildman–Crippen LogP) is 7.66. The number of rotatable bonds is 8. The van der Waals surface area contributed by atoms with Gasteiger partial charge in [-0.05, 0) is 59.7 Å². The maximum absolute atomic E-state index is 13.9. The largest absolute Gasteiger partial charge is 0.445 e. The van der Waals surface area contributed by atoms with Crippen LogP contribution in [0.4, 0.5) is 18.4 Å². The summed E-state index contributed by atoms with van der Waals surface area (Å²) < 4.78 is 39.4. The van der Waals surface area contributed by atoms with Crippen LogP contribution in [-0.4, -0.2) is 94.1 Å². The van der Waals surface area contributed by atoms with Crippen molar-refractivity contribution in [1.82, 2.24) is 29.6 Å². The van der Waals surface area contributed by atoms with Crippen LogP contribution in [-0.2, 0) is 35.8 Å². The number of hydrogen-bond donors (Lipinski definition) is 0. The molecule has 288 valence electrons. The van der Waals surface area contributed by atoms with E-state index in [1.807, 2.05) is 84.9 Å². The number of fused-ring (bicyclic) bond motifs is 2. The van der Waals surface area contributed by atoms with Crippen LogP contribution in [0.1, 0.15) is 22.5 Å². The number of benzene rings is 4. The van der Waals surface area contributed by atoms with Crippen molar-refractivity contribution < 1.29 is 27.8 Å². The topological polar surface area (TPSA) is 91.3 Å². The minimum atomic E-state index is -0.423. The van der Waals surface area contributed by atoms with Crippen LogP contribution in [0.3, 0.4) is 0 Å². The fourth-order valence-corrected chi connectivity index (χ4v) is 6.71. The first-order valence-electron chi connectivity index (χ1n) is 18.8. The van der Waals surface area contributed by atoms with E-state index in [9.17, 15) is 18.4 Å². The van der Waals surface area contributed by atoms with Gasteiger partial charge in [-0.2, -0.15) is 0 Å². The van der Waals surface area contributed by atoms with Gasteiger partial charge in [0.05, 0.1) is 22.4 Å². The van der Waals surface area contributed by atoms with E-state index in [4.69, 9.17) is 19.4 Å². The van der Waals surface area contributed by atoms with Crippen LogP contribution in [0, 0.1) is 11.6 Å². The molecule has 1 aliphatic heterocycles. The summed E-state index contributed by atoms with van der Waals surface area (Å²) in [5.74, 6) is -0.644. The molecule has 0 aliphatic carbocycles. The van der Waals surface area contributed by atoms with Gasteiger partial charge in [0.15, 0.2) is 0 Å². The van der Waals surface area contributed by atoms with E-state index in [1.165, 1.54) is 24.3 Å². The molecule has 10 nitrogen and oxygen atoms in total. The SMILES string of the molecule is O=C(OCc1ccccc1)N1CCN(Cc2ccc3cc(F)ccc3n2)CCN(C(=O)OCc2ccccc2)CCN(Cc2ccc3cc(F)ccc3n2)CC1. The van der Waals surface area contributed by atoms with Crippen LogP contribution in [0.15, 0.2) is 121 Å². The Balaban J connectivity index is 1.13. The molecule has 1 fully saturated rings. The number of carbonyl (C=O) groups excluding carboxylic acids is 2. The number of halogens is 2. The second-order valence-corrected chi connectivity index (χ2v) is 13.9. The Hall–Kier alpha value is -5.98. The quantitative estimate of drug-likeness (QED) is 0.156. The Bertz CT molecular complexity index is 2070. The molecule has 7 rings (SSSR count). The van der Waals surface area contributed by atoms with Crippen LogP contribution in [0.5, 0.6) is 0 Å². The van der Waals surface area contributed by atoms with E-state index < -0.39 is 12.2 Å². The van der Waals surface area contributed by atoms with E-state index in [0.29, 0.717) is 87.3 Å². The summed E-state index contributed by atoms with van der Waals surface area (Å²) in [6.45, 7) is 4.50. The molecule has 1 aliphatic rings. The van der Waals surface area contributed by atoms with Gasteiger partial charge in [-0.3, -0.25) is 19.8 Å². The zero-order valence-electron chi connectivity index (χ0n) is 31.1. The van der Waals surface area contributed by atoms with Crippen LogP contribution in [0.25, 0.3) is 21.8 Å². The fourth-order valence-electron chi connectivity index (χ4n) is 6.71. The summed E-state index contributed by atoms with van der Waals surface area (Å²) >= 11 is 0. The monoisotopic (exact) mass is 758 g/mol. The van der Waals surface area contributed by atoms with Crippen molar-refractivity contribution in [2.45, 2.75) is 26.3 Å². The van der Waals surface area contributed by atoms with E-state index in [0.717, 1.165) is 22.5 Å². The molecule has 56 heavy (non-hydrogen) atoms. The summed E-state index contributed by atoms with van der Waals surface area (Å²) in [6.07, 6.45) is -0.845. The maximum atomic E-state index is 13.9. The molecule has 6 aromatic rings. The van der Waals surface area contributed by atoms with Gasteiger partial charge in [0.25, 0.3) is 0 Å². The summed E-state index contributed by atoms with van der Waals surface area (Å²) in [5.41, 5.74) is 4.71. The molecule has 1 saturated heterocycles. The summed E-state index contributed by atoms with van der Waals surface area (Å²) in [6, 6.07) is 35.6. The lowest BCUT2D eigenvalue weighted by Gasteiger charge is -2.33. The summed E-state index contributed by atoms with van der Waals surface area (Å²) in [7, 11) is 0. The standard InChI is InChI=1S/C44H44F2N6O4/c45-37-13-17-41-35(27-37)11-15-39(47-41)29-49-19-23-51(43(53)55-31-33-7-3-1-4-8-33)24-20-50(30-40-16-12-36-28-38(46)14-18-42(36)48-40)22-26-52(25-21-49)44(54)56-32-34-9-5-2-6-10-34/h1-18,27-28H,19-26,29-32H2. The highest BCUT2D eigenvalue weighted by Crippen LogP contribution is 2.18. The van der Waals surface area contributed by atoms with Crippen molar-refractivity contribution in [3.05, 3.63) is 155 Å². The Kier molecular flexibility index (Phi) is 12.7. The van der Waals surface area contributed by atoms with Crippen LogP contribution >= 0.6 is 0 Å². The van der Waals surface area contributed by atoms with E-state index in [2.05, 4.69) is 9.80 Å². The molecular formula is C44H44F2N6O4. The van der Waals surface area contributed by atoms with E-state index in [-0.39, 0.29) is 24.8 Å². The molecule has 12 heteroatoms. The lowest BCUT2D eigenvalue weighted by atomic mass is 10.2. The predicted molar refractivity (Wildman–Crippen MR) is 210 cm³/mol. The smallest absolute Gasteiger partial charge is 0.410 e. The second-order valence-electron chi connectivity index (χ2n) is 13.9. The highest BCUT2D eigenvalue weighted by molar-refractivity contribution is 5.79. The first-order chi connectivity index (χ1) is 27.3. The van der Waals surface area contributed by atoms with E-state index in [1.54, 1.807) is 21.9 Å². The number of aromatic nitrogens is 2. The maximum Gasteiger partial charge on any atom is 0.410 e. The average Bonchev–Trinajstić information content (AvgIpc) is 3.21. The molecule has 0 N–H and O–H groups in total. The van der Waals surface area contributed by atoms with Gasteiger partial charge in [-0.15, -0.1) is 0 Å². The Morgan fingerprint density at radius 3 is 1.29 bits per heavy atom. The third-order valence-electron chi connectivity index (χ3n) is 9.86. The van der Waals surface area contributed by atoms with Crippen molar-refractivity contribution in [2.75, 3.05) is 52.4 Å². The highest BCUT2D eigenvalue weighted by Gasteiger charge is 2.24. The summed E-state index contributed by atoms with van der Waals surface area (Å²) in [4.78, 5) is 44.8. The lowest BCUT2D eigenvalue weighted by Crippen LogP contribution is -2.48. The van der Waals surface area contributed by atoms with Gasteiger partial charge in [0.1, 0.15) is 24.8 Å². The van der Waals surface area contributed by atoms with Crippen molar-refractivity contribution >= 4 is 34.0 Å². The van der Waals surface area contributed by atoms with Crippen molar-refractivity contribution in [1.29, 1.82) is 0 Å². The average molecular weight is 759 g/mol. The molecule has 2 aromatic heterocycles. The van der Waals surface area contributed by atoms with Crippen LogP contribution in [0.2, 0.25) is 0 Å². The number of carbonyl (C=O) groups is 2. The Labute approximate surface area is 324 Å². The number of pyridine rings is 2. The molecule has 0 unspecified atom stereocenters. The zero-order valence-corrected chi connectivity index (χ0v) is 31.1. The molecule has 0 atom stereocenters. The third kappa shape index (κ3) is 10.6. The molecule has 4 aromatic carbocycles. The minimum Gasteiger partial charge on any atom is -0.445 e. The zero-order chi connectivity index (χ0) is 38.7. The van der Waals surface area contributed by atoms with Gasteiger partial charge in [-0.25, -0.2) is 18.4 Å². The molecule has 3 heterocycles. The van der Waals surface area contributed by atoms with Crippen molar-refractivity contribution in [2.24, 2.45) is 0 Å². The normalized spacial score (nSPS) is 15.0. The van der Waals surface area contributed by atoms with Crippen LogP contribution < -0.4 is 0 Å². The second kappa shape index (κ2) is 18.6. The molecule has 0 spiro atoms. The van der Waals surface area contributed by atoms with Gasteiger partial charge in [0, 0.05) is 76.2 Å². The minimum absolute atomic E-state index is 0.146. The Morgan fingerprint density at radius 2 is 0.893 bits per heavy atom.